The van der Waals surface area contributed by atoms with Gasteiger partial charge in [0.25, 0.3) is 0 Å². The van der Waals surface area contributed by atoms with Crippen molar-refractivity contribution in [3.63, 3.8) is 0 Å². The maximum Gasteiger partial charge on any atom is 0.336 e. The van der Waals surface area contributed by atoms with Gasteiger partial charge in [0, 0.05) is 23.1 Å². The van der Waals surface area contributed by atoms with Gasteiger partial charge in [-0.3, -0.25) is 0 Å². The lowest BCUT2D eigenvalue weighted by Gasteiger charge is -2.09. The van der Waals surface area contributed by atoms with Gasteiger partial charge in [-0.25, -0.2) is 4.79 Å². The molecular formula is C17H12O4. The molecule has 104 valence electrons. The SMILES string of the molecule is C=C(c1ccc2oc(=O)ccc2c1)c1ccc(O)cc1O. The van der Waals surface area contributed by atoms with Crippen LogP contribution in [0, 0.1) is 0 Å². The van der Waals surface area contributed by atoms with Crippen molar-refractivity contribution < 1.29 is 14.6 Å². The van der Waals surface area contributed by atoms with Crippen molar-refractivity contribution in [1.29, 1.82) is 0 Å². The van der Waals surface area contributed by atoms with Gasteiger partial charge >= 0.3 is 5.63 Å². The van der Waals surface area contributed by atoms with E-state index in [2.05, 4.69) is 6.58 Å². The largest absolute Gasteiger partial charge is 0.508 e. The van der Waals surface area contributed by atoms with E-state index in [1.165, 1.54) is 18.2 Å². The summed E-state index contributed by atoms with van der Waals surface area (Å²) in [5.41, 5.74) is 2.03. The minimum absolute atomic E-state index is 0.00987. The summed E-state index contributed by atoms with van der Waals surface area (Å²) in [6, 6.07) is 12.7. The molecule has 3 aromatic rings. The molecule has 2 aromatic carbocycles. The Morgan fingerprint density at radius 1 is 1.00 bits per heavy atom. The van der Waals surface area contributed by atoms with Gasteiger partial charge in [-0.2, -0.15) is 0 Å². The normalized spacial score (nSPS) is 10.7. The summed E-state index contributed by atoms with van der Waals surface area (Å²) in [7, 11) is 0. The summed E-state index contributed by atoms with van der Waals surface area (Å²) in [4.78, 5) is 11.2. The first-order valence-corrected chi connectivity index (χ1v) is 6.30. The highest BCUT2D eigenvalue weighted by molar-refractivity contribution is 5.87. The zero-order chi connectivity index (χ0) is 15.0. The van der Waals surface area contributed by atoms with E-state index in [1.807, 2.05) is 6.07 Å². The number of fused-ring (bicyclic) bond motifs is 1. The van der Waals surface area contributed by atoms with Crippen molar-refractivity contribution in [2.45, 2.75) is 0 Å². The minimum Gasteiger partial charge on any atom is -0.508 e. The molecule has 0 aliphatic heterocycles. The number of rotatable bonds is 2. The van der Waals surface area contributed by atoms with Crippen LogP contribution in [0.1, 0.15) is 11.1 Å². The van der Waals surface area contributed by atoms with Gasteiger partial charge in [0.2, 0.25) is 0 Å². The summed E-state index contributed by atoms with van der Waals surface area (Å²) in [6.07, 6.45) is 0. The van der Waals surface area contributed by atoms with Gasteiger partial charge < -0.3 is 14.6 Å². The molecule has 0 amide bonds. The highest BCUT2D eigenvalue weighted by Gasteiger charge is 2.09. The van der Waals surface area contributed by atoms with Gasteiger partial charge in [-0.1, -0.05) is 12.6 Å². The third-order valence-corrected chi connectivity index (χ3v) is 3.27. The van der Waals surface area contributed by atoms with Crippen molar-refractivity contribution >= 4 is 16.5 Å². The van der Waals surface area contributed by atoms with Crippen LogP contribution in [0.4, 0.5) is 0 Å². The second kappa shape index (κ2) is 4.83. The number of aromatic hydroxyl groups is 2. The molecule has 0 fully saturated rings. The Balaban J connectivity index is 2.09. The summed E-state index contributed by atoms with van der Waals surface area (Å²) in [6.45, 7) is 3.98. The molecule has 1 aromatic heterocycles. The molecule has 0 saturated heterocycles. The molecule has 0 atom stereocenters. The number of phenolic OH excluding ortho intramolecular Hbond substituents is 2. The lowest BCUT2D eigenvalue weighted by atomic mass is 9.97. The molecule has 0 radical (unpaired) electrons. The lowest BCUT2D eigenvalue weighted by molar-refractivity contribution is 0.449. The van der Waals surface area contributed by atoms with Gasteiger partial charge in [-0.15, -0.1) is 0 Å². The number of hydrogen-bond donors (Lipinski definition) is 2. The van der Waals surface area contributed by atoms with E-state index in [9.17, 15) is 15.0 Å². The standard InChI is InChI=1S/C17H12O4/c1-10(14-5-4-13(18)9-15(14)19)11-2-6-16-12(8-11)3-7-17(20)21-16/h2-9,18-19H,1H2. The van der Waals surface area contributed by atoms with E-state index in [0.717, 1.165) is 10.9 Å². The van der Waals surface area contributed by atoms with E-state index >= 15 is 0 Å². The molecular weight excluding hydrogens is 268 g/mol. The van der Waals surface area contributed by atoms with Gasteiger partial charge in [0.1, 0.15) is 17.1 Å². The Hall–Kier alpha value is -3.01. The van der Waals surface area contributed by atoms with Crippen molar-refractivity contribution in [3.05, 3.63) is 76.7 Å². The molecule has 0 aliphatic rings. The maximum atomic E-state index is 11.2. The average molecular weight is 280 g/mol. The first kappa shape index (κ1) is 13.0. The van der Waals surface area contributed by atoms with E-state index in [0.29, 0.717) is 16.7 Å². The fourth-order valence-electron chi connectivity index (χ4n) is 2.19. The van der Waals surface area contributed by atoms with Crippen LogP contribution in [0.3, 0.4) is 0 Å². The molecule has 0 saturated carbocycles. The van der Waals surface area contributed by atoms with Crippen LogP contribution in [-0.2, 0) is 0 Å². The van der Waals surface area contributed by atoms with E-state index < -0.39 is 5.63 Å². The van der Waals surface area contributed by atoms with Gasteiger partial charge in [0.05, 0.1) is 0 Å². The molecule has 1 heterocycles. The van der Waals surface area contributed by atoms with Crippen LogP contribution in [0.15, 0.2) is 64.3 Å². The summed E-state index contributed by atoms with van der Waals surface area (Å²) in [5, 5.41) is 20.0. The Kier molecular flexibility index (Phi) is 2.99. The third kappa shape index (κ3) is 2.39. The van der Waals surface area contributed by atoms with Crippen LogP contribution >= 0.6 is 0 Å². The molecule has 0 unspecified atom stereocenters. The summed E-state index contributed by atoms with van der Waals surface area (Å²) >= 11 is 0. The highest BCUT2D eigenvalue weighted by Crippen LogP contribution is 2.32. The van der Waals surface area contributed by atoms with Crippen LogP contribution in [0.25, 0.3) is 16.5 Å². The first-order valence-electron chi connectivity index (χ1n) is 6.30. The number of benzene rings is 2. The van der Waals surface area contributed by atoms with Crippen LogP contribution in [0.5, 0.6) is 11.5 Å². The van der Waals surface area contributed by atoms with E-state index in [4.69, 9.17) is 4.42 Å². The summed E-state index contributed by atoms with van der Waals surface area (Å²) < 4.78 is 5.07. The lowest BCUT2D eigenvalue weighted by Crippen LogP contribution is -1.95. The Morgan fingerprint density at radius 3 is 2.57 bits per heavy atom. The highest BCUT2D eigenvalue weighted by atomic mass is 16.4. The maximum absolute atomic E-state index is 11.2. The molecule has 2 N–H and O–H groups in total. The topological polar surface area (TPSA) is 70.7 Å². The monoisotopic (exact) mass is 280 g/mol. The Labute approximate surface area is 120 Å². The molecule has 0 aliphatic carbocycles. The molecule has 4 heteroatoms. The van der Waals surface area contributed by atoms with Crippen LogP contribution in [-0.4, -0.2) is 10.2 Å². The van der Waals surface area contributed by atoms with Crippen LogP contribution < -0.4 is 5.63 Å². The second-order valence-corrected chi connectivity index (χ2v) is 4.69. The fourth-order valence-corrected chi connectivity index (χ4v) is 2.19. The van der Waals surface area contributed by atoms with Gasteiger partial charge in [0.15, 0.2) is 0 Å². The van der Waals surface area contributed by atoms with Crippen molar-refractivity contribution in [2.75, 3.05) is 0 Å². The molecule has 0 spiro atoms. The zero-order valence-electron chi connectivity index (χ0n) is 11.0. The molecule has 4 nitrogen and oxygen atoms in total. The number of phenols is 2. The predicted molar refractivity (Wildman–Crippen MR) is 80.4 cm³/mol. The average Bonchev–Trinajstić information content (AvgIpc) is 2.46. The van der Waals surface area contributed by atoms with Crippen LogP contribution in [0.2, 0.25) is 0 Å². The van der Waals surface area contributed by atoms with E-state index in [1.54, 1.807) is 24.3 Å². The van der Waals surface area contributed by atoms with E-state index in [-0.39, 0.29) is 11.5 Å². The smallest absolute Gasteiger partial charge is 0.336 e. The van der Waals surface area contributed by atoms with Crippen molar-refractivity contribution in [1.82, 2.24) is 0 Å². The predicted octanol–water partition coefficient (Wildman–Crippen LogP) is 3.27. The minimum atomic E-state index is -0.398. The molecule has 0 bridgehead atoms. The van der Waals surface area contributed by atoms with Crippen molar-refractivity contribution in [2.24, 2.45) is 0 Å². The second-order valence-electron chi connectivity index (χ2n) is 4.69. The zero-order valence-corrected chi connectivity index (χ0v) is 11.0. The quantitative estimate of drug-likeness (QED) is 0.707. The molecule has 21 heavy (non-hydrogen) atoms. The molecule has 3 rings (SSSR count). The van der Waals surface area contributed by atoms with Crippen molar-refractivity contribution in [3.8, 4) is 11.5 Å². The Bertz CT molecular complexity index is 906. The first-order chi connectivity index (χ1) is 10.0. The van der Waals surface area contributed by atoms with Gasteiger partial charge in [-0.05, 0) is 41.5 Å². The third-order valence-electron chi connectivity index (χ3n) is 3.27. The summed E-state index contributed by atoms with van der Waals surface area (Å²) in [5.74, 6) is -0.0518. The Morgan fingerprint density at radius 2 is 1.81 bits per heavy atom. The fraction of sp³-hybridized carbons (Fsp3) is 0. The number of hydrogen-bond acceptors (Lipinski definition) is 4.